The second kappa shape index (κ2) is 27.4. The van der Waals surface area contributed by atoms with Gasteiger partial charge in [0.15, 0.2) is 0 Å². The van der Waals surface area contributed by atoms with Crippen LogP contribution in [0.15, 0.2) is 109 Å². The summed E-state index contributed by atoms with van der Waals surface area (Å²) in [7, 11) is 0. The van der Waals surface area contributed by atoms with Crippen molar-refractivity contribution in [3.63, 3.8) is 0 Å². The predicted octanol–water partition coefficient (Wildman–Crippen LogP) is 10.4. The van der Waals surface area contributed by atoms with Crippen LogP contribution in [0.2, 0.25) is 0 Å². The highest BCUT2D eigenvalue weighted by Crippen LogP contribution is 2.23. The average molecular weight is 834 g/mol. The fourth-order valence-corrected chi connectivity index (χ4v) is 7.71. The summed E-state index contributed by atoms with van der Waals surface area (Å²) in [5.74, 6) is 0. The molecule has 0 unspecified atom stereocenters. The van der Waals surface area contributed by atoms with Gasteiger partial charge < -0.3 is 30.9 Å². The van der Waals surface area contributed by atoms with Gasteiger partial charge in [-0.15, -0.1) is 11.3 Å². The van der Waals surface area contributed by atoms with Gasteiger partial charge in [-0.1, -0.05) is 91.7 Å². The standard InChI is InChI=1S/C9H11N.C8H7N.C7H6N2.C7H9NS.2C6H9N3.5CH4/c1-2-4-9-7-10-6-5-8(9)3-1;1-2-4-8-7(3-1)5-6-9-8;2*1-2-4-7-6(3-1)8-5-9-7;1-2-7-3-6-5(1)8-4-9-6;1-2-7-4-6-5(1)3-8-9-6;;;;;/h1-4,10H,5-7H2;1-6,9H;1-5H,(H,8,9);5H,1-4H2;4,7H,1-3H2,(H,8,9);3,7H,1-2,4H2,(H,8,9);5*1H4. The van der Waals surface area contributed by atoms with Crippen LogP contribution < -0.4 is 16.0 Å². The van der Waals surface area contributed by atoms with Crippen LogP contribution in [0.4, 0.5) is 0 Å². The summed E-state index contributed by atoms with van der Waals surface area (Å²) >= 11 is 1.81. The van der Waals surface area contributed by atoms with Gasteiger partial charge in [-0.2, -0.15) is 5.10 Å². The summed E-state index contributed by atoms with van der Waals surface area (Å²) in [6, 6.07) is 26.9. The molecular weight excluding hydrogens is 763 g/mol. The Morgan fingerprint density at radius 2 is 1.17 bits per heavy atom. The number of hydrogen-bond acceptors (Lipinski definition) is 8. The van der Waals surface area contributed by atoms with Gasteiger partial charge in [0.25, 0.3) is 0 Å². The summed E-state index contributed by atoms with van der Waals surface area (Å²) in [6.07, 6.45) is 15.9. The molecule has 0 saturated heterocycles. The van der Waals surface area contributed by atoms with Gasteiger partial charge in [0.05, 0.1) is 58.2 Å². The summed E-state index contributed by atoms with van der Waals surface area (Å²) in [6.45, 7) is 6.25. The first-order valence-electron chi connectivity index (χ1n) is 19.3. The minimum atomic E-state index is 0. The molecule has 324 valence electrons. The summed E-state index contributed by atoms with van der Waals surface area (Å²) < 4.78 is 0. The molecule has 0 amide bonds. The number of benzene rings is 3. The molecule has 11 nitrogen and oxygen atoms in total. The van der Waals surface area contributed by atoms with Crippen molar-refractivity contribution in [2.75, 3.05) is 19.6 Å². The van der Waals surface area contributed by atoms with Crippen LogP contribution in [-0.2, 0) is 51.7 Å². The lowest BCUT2D eigenvalue weighted by Gasteiger charge is -2.15. The van der Waals surface area contributed by atoms with E-state index in [0.29, 0.717) is 0 Å². The summed E-state index contributed by atoms with van der Waals surface area (Å²) in [5, 5.41) is 18.0. The number of aromatic nitrogens is 8. The molecule has 4 aliphatic rings. The lowest BCUT2D eigenvalue weighted by molar-refractivity contribution is 0.627. The van der Waals surface area contributed by atoms with E-state index in [2.05, 4.69) is 98.5 Å². The SMILES string of the molecule is C.C.C.C.C.c1ccc2[nH]ccc2c1.c1ccc2[nH]cnc2c1.c1ccc2c(c1)CCNC2.c1n[nH]c2c1CCNC2.c1nc2c([nH]1)CNCC2.c1nc2c(s1)CCCC2. The highest BCUT2D eigenvalue weighted by molar-refractivity contribution is 7.09. The van der Waals surface area contributed by atoms with Gasteiger partial charge in [0.2, 0.25) is 0 Å². The van der Waals surface area contributed by atoms with E-state index in [1.54, 1.807) is 12.7 Å². The first-order chi connectivity index (χ1) is 27.3. The number of H-pyrrole nitrogens is 4. The quantitative estimate of drug-likeness (QED) is 0.0804. The molecule has 0 saturated carbocycles. The Hall–Kier alpha value is -5.40. The minimum absolute atomic E-state index is 0. The normalized spacial score (nSPS) is 13.6. The lowest BCUT2D eigenvalue weighted by atomic mass is 10.0. The first kappa shape index (κ1) is 50.7. The molecule has 7 N–H and O–H groups in total. The number of imidazole rings is 2. The van der Waals surface area contributed by atoms with Crippen LogP contribution in [0.1, 0.15) is 94.3 Å². The van der Waals surface area contributed by atoms with Crippen molar-refractivity contribution in [1.29, 1.82) is 0 Å². The Balaban J connectivity index is 0.000000244. The number of nitrogens with zero attached hydrogens (tertiary/aromatic N) is 4. The van der Waals surface area contributed by atoms with Gasteiger partial charge in [-0.3, -0.25) is 5.10 Å². The topological polar surface area (TPSA) is 151 Å². The zero-order chi connectivity index (χ0) is 37.3. The summed E-state index contributed by atoms with van der Waals surface area (Å²) in [5.41, 5.74) is 14.7. The Kier molecular flexibility index (Phi) is 23.2. The minimum Gasteiger partial charge on any atom is -0.361 e. The molecule has 5 aromatic heterocycles. The van der Waals surface area contributed by atoms with Crippen LogP contribution in [0.3, 0.4) is 0 Å². The molecule has 12 heteroatoms. The molecular formula is C48H71N11S. The van der Waals surface area contributed by atoms with Crippen LogP contribution in [0, 0.1) is 0 Å². The van der Waals surface area contributed by atoms with E-state index in [9.17, 15) is 0 Å². The van der Waals surface area contributed by atoms with Crippen molar-refractivity contribution in [2.45, 2.75) is 102 Å². The van der Waals surface area contributed by atoms with Crippen molar-refractivity contribution in [1.82, 2.24) is 56.1 Å². The first-order valence-corrected chi connectivity index (χ1v) is 20.2. The molecule has 0 bridgehead atoms. The Bertz CT molecular complexity index is 1970. The van der Waals surface area contributed by atoms with Crippen molar-refractivity contribution >= 4 is 33.3 Å². The Morgan fingerprint density at radius 3 is 1.92 bits per heavy atom. The molecule has 8 heterocycles. The maximum Gasteiger partial charge on any atom is 0.0931 e. The fraction of sp³-hybridized carbons (Fsp3) is 0.375. The van der Waals surface area contributed by atoms with Crippen LogP contribution >= 0.6 is 11.3 Å². The van der Waals surface area contributed by atoms with Crippen molar-refractivity contribution in [3.05, 3.63) is 154 Å². The number of aromatic amines is 4. The number of hydrogen-bond donors (Lipinski definition) is 7. The van der Waals surface area contributed by atoms with E-state index < -0.39 is 0 Å². The lowest BCUT2D eigenvalue weighted by Crippen LogP contribution is -2.23. The van der Waals surface area contributed by atoms with Crippen molar-refractivity contribution in [2.24, 2.45) is 0 Å². The molecule has 0 spiro atoms. The van der Waals surface area contributed by atoms with Gasteiger partial charge in [-0.25, -0.2) is 15.0 Å². The molecule has 3 aliphatic heterocycles. The predicted molar refractivity (Wildman–Crippen MR) is 257 cm³/mol. The molecule has 0 fully saturated rings. The molecule has 0 radical (unpaired) electrons. The van der Waals surface area contributed by atoms with E-state index in [4.69, 9.17) is 0 Å². The van der Waals surface area contributed by atoms with E-state index in [0.717, 1.165) is 63.1 Å². The van der Waals surface area contributed by atoms with Gasteiger partial charge in [0, 0.05) is 49.2 Å². The highest BCUT2D eigenvalue weighted by atomic mass is 32.1. The maximum absolute atomic E-state index is 4.28. The summed E-state index contributed by atoms with van der Waals surface area (Å²) in [4.78, 5) is 23.2. The maximum atomic E-state index is 4.28. The van der Waals surface area contributed by atoms with Gasteiger partial charge >= 0.3 is 0 Å². The highest BCUT2D eigenvalue weighted by Gasteiger charge is 2.11. The third kappa shape index (κ3) is 14.7. The number of para-hydroxylation sites is 3. The molecule has 60 heavy (non-hydrogen) atoms. The second-order valence-electron chi connectivity index (χ2n) is 13.7. The Morgan fingerprint density at radius 1 is 0.500 bits per heavy atom. The van der Waals surface area contributed by atoms with Crippen LogP contribution in [-0.4, -0.2) is 59.7 Å². The zero-order valence-electron chi connectivity index (χ0n) is 31.3. The third-order valence-electron chi connectivity index (χ3n) is 9.92. The average Bonchev–Trinajstić information content (AvgIpc) is 4.12. The second-order valence-corrected chi connectivity index (χ2v) is 14.6. The van der Waals surface area contributed by atoms with Crippen molar-refractivity contribution in [3.8, 4) is 0 Å². The largest absolute Gasteiger partial charge is 0.361 e. The zero-order valence-corrected chi connectivity index (χ0v) is 32.1. The number of fused-ring (bicyclic) bond motifs is 6. The molecule has 1 aliphatic carbocycles. The molecule has 12 rings (SSSR count). The fourth-order valence-electron chi connectivity index (χ4n) is 6.85. The van der Waals surface area contributed by atoms with E-state index in [1.807, 2.05) is 65.6 Å². The number of nitrogens with one attached hydrogen (secondary N) is 7. The van der Waals surface area contributed by atoms with Crippen LogP contribution in [0.5, 0.6) is 0 Å². The Labute approximate surface area is 363 Å². The molecule has 8 aromatic rings. The van der Waals surface area contributed by atoms with Gasteiger partial charge in [0.1, 0.15) is 0 Å². The van der Waals surface area contributed by atoms with Crippen molar-refractivity contribution < 1.29 is 0 Å². The van der Waals surface area contributed by atoms with E-state index >= 15 is 0 Å². The molecule has 3 aromatic carbocycles. The van der Waals surface area contributed by atoms with E-state index in [1.165, 1.54) is 87.4 Å². The van der Waals surface area contributed by atoms with E-state index in [-0.39, 0.29) is 37.1 Å². The number of aryl methyl sites for hydroxylation is 2. The van der Waals surface area contributed by atoms with Crippen LogP contribution in [0.25, 0.3) is 21.9 Å². The third-order valence-corrected chi connectivity index (χ3v) is 10.9. The monoisotopic (exact) mass is 834 g/mol. The van der Waals surface area contributed by atoms with Gasteiger partial charge in [-0.05, 0) is 98.0 Å². The number of thiazole rings is 1. The smallest absolute Gasteiger partial charge is 0.0931 e. The number of rotatable bonds is 0. The molecule has 0 atom stereocenters.